The fourth-order valence-corrected chi connectivity index (χ4v) is 9.42. The van der Waals surface area contributed by atoms with E-state index >= 15 is 0 Å². The molecule has 2 bridgehead atoms. The molecule has 1 spiro atoms. The number of Topliss-reactive ketones (excluding diaryl/α,β-unsaturated/α-hetero) is 2. The Labute approximate surface area is 340 Å². The summed E-state index contributed by atoms with van der Waals surface area (Å²) in [5.41, 5.74) is -0.870. The summed E-state index contributed by atoms with van der Waals surface area (Å²) in [6.45, 7) is 3.78. The first-order valence-electron chi connectivity index (χ1n) is 19.6. The maximum Gasteiger partial charge on any atom is 0.250 e. The number of halogens is 1. The molecule has 4 aliphatic rings. The lowest BCUT2D eigenvalue weighted by molar-refractivity contribution is -0.134. The molecular formula is C43H48ClN3O11. The van der Waals surface area contributed by atoms with Crippen LogP contribution in [0.25, 0.3) is 0 Å². The number of hydrogen-bond donors (Lipinski definition) is 3. The number of piperidine rings is 1. The van der Waals surface area contributed by atoms with Gasteiger partial charge in [0.15, 0.2) is 28.8 Å². The van der Waals surface area contributed by atoms with E-state index in [1.165, 1.54) is 45.6 Å². The van der Waals surface area contributed by atoms with Gasteiger partial charge in [-0.15, -0.1) is 0 Å². The Kier molecular flexibility index (Phi) is 11.5. The second kappa shape index (κ2) is 16.4. The van der Waals surface area contributed by atoms with E-state index in [0.717, 1.165) is 12.1 Å². The van der Waals surface area contributed by atoms with Crippen molar-refractivity contribution in [2.45, 2.75) is 75.9 Å². The molecule has 58 heavy (non-hydrogen) atoms. The first-order chi connectivity index (χ1) is 27.8. The van der Waals surface area contributed by atoms with E-state index in [9.17, 15) is 34.2 Å². The number of ketones is 2. The van der Waals surface area contributed by atoms with E-state index < -0.39 is 40.7 Å². The number of phenols is 1. The van der Waals surface area contributed by atoms with Crippen LogP contribution in [0.1, 0.15) is 85.3 Å². The average molecular weight is 818 g/mol. The molecule has 1 fully saturated rings. The number of aliphatic hydroxyl groups excluding tert-OH is 1. The lowest BCUT2D eigenvalue weighted by Gasteiger charge is -2.42. The van der Waals surface area contributed by atoms with Gasteiger partial charge in [-0.05, 0) is 48.9 Å². The Morgan fingerprint density at radius 1 is 0.966 bits per heavy atom. The van der Waals surface area contributed by atoms with E-state index in [1.54, 1.807) is 19.1 Å². The number of aromatic hydroxyl groups is 1. The number of likely N-dealkylation sites (tertiary alicyclic amines) is 1. The van der Waals surface area contributed by atoms with Crippen LogP contribution in [0.5, 0.6) is 28.7 Å². The number of carbonyl (C=O) groups excluding carboxylic acids is 4. The van der Waals surface area contributed by atoms with Crippen LogP contribution in [-0.2, 0) is 20.9 Å². The minimum absolute atomic E-state index is 0.00574. The van der Waals surface area contributed by atoms with E-state index in [-0.39, 0.29) is 81.1 Å². The third-order valence-corrected chi connectivity index (χ3v) is 12.4. The van der Waals surface area contributed by atoms with Crippen molar-refractivity contribution in [1.29, 1.82) is 0 Å². The Hall–Kier alpha value is -5.50. The van der Waals surface area contributed by atoms with E-state index in [4.69, 9.17) is 30.5 Å². The van der Waals surface area contributed by atoms with Gasteiger partial charge in [-0.1, -0.05) is 37.1 Å². The number of pyridine rings is 1. The van der Waals surface area contributed by atoms with Crippen LogP contribution < -0.4 is 29.8 Å². The van der Waals surface area contributed by atoms with Crippen molar-refractivity contribution < 1.29 is 48.3 Å². The Bertz CT molecular complexity index is 2250. The zero-order chi connectivity index (χ0) is 41.5. The summed E-state index contributed by atoms with van der Waals surface area (Å²) < 4.78 is 24.3. The zero-order valence-electron chi connectivity index (χ0n) is 33.0. The Morgan fingerprint density at radius 2 is 1.72 bits per heavy atom. The lowest BCUT2D eigenvalue weighted by atomic mass is 9.69. The van der Waals surface area contributed by atoms with Crippen molar-refractivity contribution in [3.63, 3.8) is 0 Å². The van der Waals surface area contributed by atoms with Crippen molar-refractivity contribution in [3.05, 3.63) is 86.0 Å². The average Bonchev–Trinajstić information content (AvgIpc) is 3.52. The van der Waals surface area contributed by atoms with Crippen molar-refractivity contribution in [2.75, 3.05) is 41.0 Å². The second-order valence-corrected chi connectivity index (χ2v) is 16.0. The molecule has 5 atom stereocenters. The minimum Gasteiger partial charge on any atom is -0.507 e. The summed E-state index contributed by atoms with van der Waals surface area (Å²) >= 11 is 6.61. The number of fused-ring (bicyclic) bond motifs is 5. The normalized spacial score (nSPS) is 22.6. The topological polar surface area (TPSA) is 183 Å². The van der Waals surface area contributed by atoms with Crippen LogP contribution in [0.15, 0.2) is 58.6 Å². The molecule has 15 heteroatoms. The van der Waals surface area contributed by atoms with Crippen molar-refractivity contribution in [1.82, 2.24) is 14.8 Å². The molecule has 2 amide bonds. The quantitative estimate of drug-likeness (QED) is 0.186. The molecule has 1 saturated heterocycles. The van der Waals surface area contributed by atoms with Gasteiger partial charge in [0.1, 0.15) is 22.1 Å². The fraction of sp³-hybridized carbons (Fsp3) is 0.465. The first kappa shape index (κ1) is 40.7. The molecule has 3 aliphatic heterocycles. The highest BCUT2D eigenvalue weighted by Crippen LogP contribution is 2.56. The predicted molar refractivity (Wildman–Crippen MR) is 212 cm³/mol. The van der Waals surface area contributed by atoms with Crippen LogP contribution in [0.2, 0.25) is 5.02 Å². The van der Waals surface area contributed by atoms with Gasteiger partial charge in [-0.3, -0.25) is 24.0 Å². The molecule has 3 N–H and O–H groups in total. The van der Waals surface area contributed by atoms with Gasteiger partial charge in [0.25, 0.3) is 5.56 Å². The van der Waals surface area contributed by atoms with Crippen LogP contribution in [0, 0.1) is 11.8 Å². The molecule has 2 aromatic carbocycles. The summed E-state index contributed by atoms with van der Waals surface area (Å²) in [7, 11) is 4.12. The largest absolute Gasteiger partial charge is 0.507 e. The third-order valence-electron chi connectivity index (χ3n) is 12.1. The smallest absolute Gasteiger partial charge is 0.250 e. The van der Waals surface area contributed by atoms with Gasteiger partial charge in [0.2, 0.25) is 23.2 Å². The summed E-state index contributed by atoms with van der Waals surface area (Å²) in [4.78, 5) is 69.5. The monoisotopic (exact) mass is 817 g/mol. The van der Waals surface area contributed by atoms with Crippen LogP contribution in [0.4, 0.5) is 0 Å². The number of phenolic OH excluding ortho intramolecular Hbond substituents is 1. The van der Waals surface area contributed by atoms with Crippen molar-refractivity contribution in [3.8, 4) is 28.7 Å². The number of aliphatic hydroxyl groups is 1. The number of carbonyl (C=O) groups is 4. The molecule has 4 heterocycles. The molecule has 1 aromatic heterocycles. The van der Waals surface area contributed by atoms with E-state index in [1.807, 2.05) is 15.5 Å². The van der Waals surface area contributed by atoms with Crippen LogP contribution >= 0.6 is 11.6 Å². The predicted octanol–water partition coefficient (Wildman–Crippen LogP) is 5.46. The molecule has 1 aliphatic carbocycles. The Morgan fingerprint density at radius 3 is 2.47 bits per heavy atom. The van der Waals surface area contributed by atoms with E-state index in [0.29, 0.717) is 57.4 Å². The Balaban J connectivity index is 1.04. The molecule has 308 valence electrons. The number of nitrogens with one attached hydrogen (secondary N) is 1. The van der Waals surface area contributed by atoms with Gasteiger partial charge in [0.05, 0.1) is 21.3 Å². The maximum absolute atomic E-state index is 14.4. The zero-order valence-corrected chi connectivity index (χ0v) is 33.7. The minimum atomic E-state index is -2.06. The fourth-order valence-electron chi connectivity index (χ4n) is 9.16. The summed E-state index contributed by atoms with van der Waals surface area (Å²) in [5, 5.41) is 25.4. The summed E-state index contributed by atoms with van der Waals surface area (Å²) in [6, 6.07) is 11.2. The molecular weight excluding hydrogens is 770 g/mol. The molecule has 14 nitrogen and oxygen atoms in total. The summed E-state index contributed by atoms with van der Waals surface area (Å²) in [5.74, 6) is -3.49. The molecule has 0 saturated carbocycles. The number of allylic oxidation sites excluding steroid dienone is 1. The highest BCUT2D eigenvalue weighted by atomic mass is 35.5. The molecule has 3 aromatic rings. The van der Waals surface area contributed by atoms with Crippen LogP contribution in [-0.4, -0.2) is 89.6 Å². The van der Waals surface area contributed by atoms with Crippen molar-refractivity contribution >= 4 is 35.0 Å². The number of amides is 2. The second-order valence-electron chi connectivity index (χ2n) is 15.6. The molecule has 1 unspecified atom stereocenters. The highest BCUT2D eigenvalue weighted by Gasteiger charge is 2.61. The first-order valence-corrected chi connectivity index (χ1v) is 20.0. The number of unbranched alkanes of at least 4 members (excludes halogenated alkanes) is 2. The number of methoxy groups -OCH3 is 3. The molecule has 7 rings (SSSR count). The summed E-state index contributed by atoms with van der Waals surface area (Å²) in [6.07, 6.45) is 2.77. The number of hydrogen-bond acceptors (Lipinski definition) is 11. The number of aromatic nitrogens is 1. The number of ether oxygens (including phenoxy) is 4. The standard InChI is InChI=1S/C43H48ClN3O11/c1-23-15-30(49)37(41(53)43(23)42(54)38-32(56-3)19-33(57-4)39(44)40(38)58-43)27(25-12-13-29(48)31(17-25)55-2)18-34(50)45-14-7-5-6-10-35(51)46-20-24-16-26(22-46)28-9-8-11-36(52)47(28)21-24/h8-9,11-13,17,19,23-24,26-27,48,53H,5-7,10,14-16,18,20-22H2,1-4H3,(H,45,50)/t23-,24-,26+,27?,43+/m1/s1. The highest BCUT2D eigenvalue weighted by molar-refractivity contribution is 6.35. The lowest BCUT2D eigenvalue weighted by Crippen LogP contribution is -2.53. The van der Waals surface area contributed by atoms with Gasteiger partial charge < -0.3 is 43.9 Å². The number of nitrogens with zero attached hydrogens (tertiary/aromatic N) is 2. The SMILES string of the molecule is COc1cc(C(CC(=O)NCCCCCC(=O)N2C[C@H]3C[C@@H](C2)c2cccc(=O)n2C3)C2=C(O)[C@@]3(Oc4c(Cl)c(OC)cc(OC)c4C3=O)[C@H](C)CC2=O)ccc1O. The van der Waals surface area contributed by atoms with E-state index in [2.05, 4.69) is 5.32 Å². The third kappa shape index (κ3) is 7.16. The van der Waals surface area contributed by atoms with Gasteiger partial charge in [-0.2, -0.15) is 0 Å². The maximum atomic E-state index is 14.4. The van der Waals surface area contributed by atoms with Gasteiger partial charge in [-0.25, -0.2) is 0 Å². The van der Waals surface area contributed by atoms with Crippen molar-refractivity contribution in [2.24, 2.45) is 11.8 Å². The number of rotatable bonds is 13. The van der Waals surface area contributed by atoms with Crippen LogP contribution in [0.3, 0.4) is 0 Å². The molecule has 0 radical (unpaired) electrons. The number of benzene rings is 2. The van der Waals surface area contributed by atoms with Gasteiger partial charge in [0, 0.05) is 86.6 Å². The van der Waals surface area contributed by atoms with Gasteiger partial charge >= 0.3 is 0 Å².